The second-order valence-electron chi connectivity index (χ2n) is 7.03. The number of benzene rings is 3. The highest BCUT2D eigenvalue weighted by atomic mass is 32.1. The maximum Gasteiger partial charge on any atom is 0.343 e. The van der Waals surface area contributed by atoms with Crippen LogP contribution < -0.4 is 9.47 Å². The molecule has 0 saturated carbocycles. The summed E-state index contributed by atoms with van der Waals surface area (Å²) in [4.78, 5) is 12.3. The molecule has 9 heteroatoms. The lowest BCUT2D eigenvalue weighted by Gasteiger charge is -2.10. The predicted octanol–water partition coefficient (Wildman–Crippen LogP) is 5.17. The minimum Gasteiger partial charge on any atom is -0.493 e. The van der Waals surface area contributed by atoms with Gasteiger partial charge in [-0.3, -0.25) is 0 Å². The summed E-state index contributed by atoms with van der Waals surface area (Å²) in [5.74, 6) is 0.0957. The van der Waals surface area contributed by atoms with Gasteiger partial charge in [0.1, 0.15) is 5.82 Å². The number of carbonyl (C=O) groups is 1. The summed E-state index contributed by atoms with van der Waals surface area (Å²) in [6.45, 7) is 1.98. The van der Waals surface area contributed by atoms with Crippen LogP contribution in [-0.4, -0.2) is 34.2 Å². The van der Waals surface area contributed by atoms with Gasteiger partial charge in [0.05, 0.1) is 18.9 Å². The molecule has 0 amide bonds. The van der Waals surface area contributed by atoms with Gasteiger partial charge < -0.3 is 9.47 Å². The molecule has 166 valence electrons. The van der Waals surface area contributed by atoms with Crippen LogP contribution in [0.2, 0.25) is 0 Å². The van der Waals surface area contributed by atoms with Crippen molar-refractivity contribution >= 4 is 24.4 Å². The van der Waals surface area contributed by atoms with Gasteiger partial charge in [-0.15, -0.1) is 0 Å². The molecule has 33 heavy (non-hydrogen) atoms. The van der Waals surface area contributed by atoms with Crippen LogP contribution in [0.3, 0.4) is 0 Å². The second kappa shape index (κ2) is 9.58. The number of rotatable bonds is 6. The zero-order valence-corrected chi connectivity index (χ0v) is 18.6. The number of aryl methyl sites for hydroxylation is 1. The highest BCUT2D eigenvalue weighted by Crippen LogP contribution is 2.28. The molecule has 0 unspecified atom stereocenters. The molecule has 0 aliphatic carbocycles. The Balaban J connectivity index is 1.59. The zero-order chi connectivity index (χ0) is 23.4. The van der Waals surface area contributed by atoms with Crippen LogP contribution in [0.25, 0.3) is 11.4 Å². The fourth-order valence-electron chi connectivity index (χ4n) is 3.11. The molecule has 0 radical (unpaired) electrons. The Labute approximate surface area is 194 Å². The van der Waals surface area contributed by atoms with E-state index in [0.29, 0.717) is 21.9 Å². The molecule has 1 N–H and O–H groups in total. The van der Waals surface area contributed by atoms with Crippen molar-refractivity contribution in [2.24, 2.45) is 5.10 Å². The van der Waals surface area contributed by atoms with E-state index in [2.05, 4.69) is 15.3 Å². The summed E-state index contributed by atoms with van der Waals surface area (Å²) in [5, 5.41) is 11.5. The molecule has 1 aromatic heterocycles. The van der Waals surface area contributed by atoms with Gasteiger partial charge in [0.25, 0.3) is 0 Å². The highest BCUT2D eigenvalue weighted by molar-refractivity contribution is 7.71. The standard InChI is InChI=1S/C24H19FN4O3S/c1-15-5-3-4-6-19(15)22-27-28-24(33)29(22)26-14-16-7-12-20(21(13-16)31-2)32-23(30)17-8-10-18(25)11-9-17/h3-14H,1-2H3,(H,28,33)/b26-14+. The second-order valence-corrected chi connectivity index (χ2v) is 7.42. The van der Waals surface area contributed by atoms with Gasteiger partial charge in [-0.05, 0) is 72.7 Å². The quantitative estimate of drug-likeness (QED) is 0.185. The average Bonchev–Trinajstić information content (AvgIpc) is 3.19. The third kappa shape index (κ3) is 4.88. The summed E-state index contributed by atoms with van der Waals surface area (Å²) in [6.07, 6.45) is 1.60. The van der Waals surface area contributed by atoms with Gasteiger partial charge in [-0.25, -0.2) is 14.3 Å². The van der Waals surface area contributed by atoms with Crippen LogP contribution >= 0.6 is 12.2 Å². The van der Waals surface area contributed by atoms with Crippen molar-refractivity contribution < 1.29 is 18.7 Å². The van der Waals surface area contributed by atoms with Gasteiger partial charge in [-0.2, -0.15) is 14.9 Å². The molecule has 0 aliphatic rings. The first-order valence-electron chi connectivity index (χ1n) is 9.90. The number of methoxy groups -OCH3 is 1. The van der Waals surface area contributed by atoms with Crippen molar-refractivity contribution in [2.45, 2.75) is 6.92 Å². The van der Waals surface area contributed by atoms with Crippen LogP contribution in [-0.2, 0) is 0 Å². The van der Waals surface area contributed by atoms with Crippen molar-refractivity contribution in [2.75, 3.05) is 7.11 Å². The molecule has 7 nitrogen and oxygen atoms in total. The van der Waals surface area contributed by atoms with E-state index < -0.39 is 11.8 Å². The summed E-state index contributed by atoms with van der Waals surface area (Å²) in [7, 11) is 1.47. The van der Waals surface area contributed by atoms with E-state index in [-0.39, 0.29) is 11.3 Å². The largest absolute Gasteiger partial charge is 0.493 e. The summed E-state index contributed by atoms with van der Waals surface area (Å²) in [6, 6.07) is 17.9. The van der Waals surface area contributed by atoms with E-state index >= 15 is 0 Å². The van der Waals surface area contributed by atoms with Crippen molar-refractivity contribution in [1.29, 1.82) is 0 Å². The minimum absolute atomic E-state index is 0.224. The third-order valence-electron chi connectivity index (χ3n) is 4.83. The maximum atomic E-state index is 13.1. The predicted molar refractivity (Wildman–Crippen MR) is 125 cm³/mol. The Morgan fingerprint density at radius 2 is 1.88 bits per heavy atom. The van der Waals surface area contributed by atoms with E-state index in [4.69, 9.17) is 21.7 Å². The topological polar surface area (TPSA) is 81.5 Å². The first-order valence-corrected chi connectivity index (χ1v) is 10.3. The summed E-state index contributed by atoms with van der Waals surface area (Å²) >= 11 is 5.33. The van der Waals surface area contributed by atoms with E-state index in [9.17, 15) is 9.18 Å². The zero-order valence-electron chi connectivity index (χ0n) is 17.8. The molecule has 0 atom stereocenters. The Morgan fingerprint density at radius 3 is 2.61 bits per heavy atom. The van der Waals surface area contributed by atoms with Crippen molar-refractivity contribution in [1.82, 2.24) is 14.9 Å². The SMILES string of the molecule is COc1cc(/C=N/n2c(-c3ccccc3C)n[nH]c2=S)ccc1OC(=O)c1ccc(F)cc1. The molecule has 0 saturated heterocycles. The molecule has 0 bridgehead atoms. The van der Waals surface area contributed by atoms with Gasteiger partial charge in [0.2, 0.25) is 4.77 Å². The molecule has 1 heterocycles. The lowest BCUT2D eigenvalue weighted by molar-refractivity contribution is 0.0729. The van der Waals surface area contributed by atoms with Crippen LogP contribution in [0.1, 0.15) is 21.5 Å². The first-order chi connectivity index (χ1) is 16.0. The van der Waals surface area contributed by atoms with Crippen molar-refractivity contribution in [3.8, 4) is 22.9 Å². The Kier molecular flexibility index (Phi) is 6.41. The fourth-order valence-corrected chi connectivity index (χ4v) is 3.29. The number of H-pyrrole nitrogens is 1. The van der Waals surface area contributed by atoms with Crippen molar-refractivity contribution in [3.63, 3.8) is 0 Å². The van der Waals surface area contributed by atoms with Gasteiger partial charge in [-0.1, -0.05) is 24.3 Å². The number of carbonyl (C=O) groups excluding carboxylic acids is 1. The number of hydrogen-bond acceptors (Lipinski definition) is 6. The molecule has 3 aromatic carbocycles. The number of ether oxygens (including phenoxy) is 2. The maximum absolute atomic E-state index is 13.1. The smallest absolute Gasteiger partial charge is 0.343 e. The Morgan fingerprint density at radius 1 is 1.12 bits per heavy atom. The van der Waals surface area contributed by atoms with E-state index in [1.54, 1.807) is 24.4 Å². The number of aromatic amines is 1. The van der Waals surface area contributed by atoms with Crippen LogP contribution in [0.5, 0.6) is 11.5 Å². The van der Waals surface area contributed by atoms with Gasteiger partial charge in [0, 0.05) is 5.56 Å². The number of nitrogens with zero attached hydrogens (tertiary/aromatic N) is 3. The Hall–Kier alpha value is -4.11. The summed E-state index contributed by atoms with van der Waals surface area (Å²) < 4.78 is 25.7. The van der Waals surface area contributed by atoms with E-state index in [0.717, 1.165) is 11.1 Å². The van der Waals surface area contributed by atoms with Crippen LogP contribution in [0.4, 0.5) is 4.39 Å². The molecule has 4 aromatic rings. The lowest BCUT2D eigenvalue weighted by Crippen LogP contribution is -2.09. The molecule has 0 aliphatic heterocycles. The van der Waals surface area contributed by atoms with E-state index in [1.165, 1.54) is 36.1 Å². The normalized spacial score (nSPS) is 11.0. The average molecular weight is 463 g/mol. The number of hydrogen-bond donors (Lipinski definition) is 1. The highest BCUT2D eigenvalue weighted by Gasteiger charge is 2.14. The number of halogens is 1. The van der Waals surface area contributed by atoms with Crippen LogP contribution in [0.15, 0.2) is 71.8 Å². The molecule has 0 spiro atoms. The Bertz CT molecular complexity index is 1390. The summed E-state index contributed by atoms with van der Waals surface area (Å²) in [5.41, 5.74) is 2.86. The third-order valence-corrected chi connectivity index (χ3v) is 5.09. The molecule has 4 rings (SSSR count). The molecular weight excluding hydrogens is 443 g/mol. The minimum atomic E-state index is -0.623. The number of esters is 1. The van der Waals surface area contributed by atoms with Gasteiger partial charge >= 0.3 is 5.97 Å². The number of aromatic nitrogens is 3. The molecular formula is C24H19FN4O3S. The fraction of sp³-hybridized carbons (Fsp3) is 0.0833. The first kappa shape index (κ1) is 22.1. The lowest BCUT2D eigenvalue weighted by atomic mass is 10.1. The van der Waals surface area contributed by atoms with Crippen LogP contribution in [0, 0.1) is 17.5 Å². The van der Waals surface area contributed by atoms with Gasteiger partial charge in [0.15, 0.2) is 17.3 Å². The van der Waals surface area contributed by atoms with E-state index in [1.807, 2.05) is 31.2 Å². The molecule has 0 fully saturated rings. The van der Waals surface area contributed by atoms with Crippen molar-refractivity contribution in [3.05, 3.63) is 94.0 Å². The number of nitrogens with one attached hydrogen (secondary N) is 1. The monoisotopic (exact) mass is 462 g/mol.